The van der Waals surface area contributed by atoms with Crippen LogP contribution in [0.3, 0.4) is 0 Å². The molecule has 19 heteroatoms. The van der Waals surface area contributed by atoms with Crippen LogP contribution in [-0.2, 0) is 17.8 Å². The van der Waals surface area contributed by atoms with Crippen LogP contribution in [-0.4, -0.2) is 25.9 Å². The Balaban J connectivity index is 2.18. The van der Waals surface area contributed by atoms with Crippen LogP contribution in [0, 0.1) is 0 Å². The van der Waals surface area contributed by atoms with Crippen molar-refractivity contribution in [2.24, 2.45) is 0 Å². The summed E-state index contributed by atoms with van der Waals surface area (Å²) in [5, 5.41) is 0. The van der Waals surface area contributed by atoms with Crippen LogP contribution in [0.15, 0.2) is 72.8 Å². The third-order valence-electron chi connectivity index (χ3n) is 5.41. The van der Waals surface area contributed by atoms with Crippen molar-refractivity contribution in [3.8, 4) is 17.2 Å². The maximum absolute atomic E-state index is 14.2. The van der Waals surface area contributed by atoms with Crippen LogP contribution in [0.5, 0.6) is 17.2 Å². The van der Waals surface area contributed by atoms with Crippen molar-refractivity contribution in [1.29, 1.82) is 0 Å². The highest BCUT2D eigenvalue weighted by molar-refractivity contribution is 6.39. The molecule has 3 aromatic carbocycles. The minimum atomic E-state index is -6.29. The number of halogens is 15. The van der Waals surface area contributed by atoms with Crippen molar-refractivity contribution < 1.29 is 79.8 Å². The predicted molar refractivity (Wildman–Crippen MR) is 117 cm³/mol. The second-order valence-corrected chi connectivity index (χ2v) is 8.35. The average molecular weight is 644 g/mol. The van der Waals surface area contributed by atoms with E-state index in [0.29, 0.717) is 36.4 Å². The normalized spacial score (nSPS) is 13.5. The summed E-state index contributed by atoms with van der Waals surface area (Å²) < 4.78 is 217. The lowest BCUT2D eigenvalue weighted by molar-refractivity contribution is -0.289. The largest absolute Gasteiger partial charge is 0.864 e. The SMILES string of the molecule is FC(F)(F)C(F)(F)c1ccccc1OB(Oc1ccccc1C(F)(F)C(F)(F)F)Oc1ccccc1C(F)(F)C(F)(F)F. The first-order valence-corrected chi connectivity index (χ1v) is 11.1. The maximum Gasteiger partial charge on any atom is 0.864 e. The van der Waals surface area contributed by atoms with Crippen molar-refractivity contribution in [3.63, 3.8) is 0 Å². The molecule has 234 valence electrons. The summed E-state index contributed by atoms with van der Waals surface area (Å²) in [6, 6.07) is 5.90. The van der Waals surface area contributed by atoms with E-state index in [4.69, 9.17) is 14.0 Å². The summed E-state index contributed by atoms with van der Waals surface area (Å²) in [5.41, 5.74) is -5.99. The Morgan fingerprint density at radius 3 is 0.767 bits per heavy atom. The Kier molecular flexibility index (Phi) is 8.82. The molecule has 0 N–H and O–H groups in total. The van der Waals surface area contributed by atoms with Gasteiger partial charge in [-0.3, -0.25) is 0 Å². The Morgan fingerprint density at radius 1 is 0.349 bits per heavy atom. The van der Waals surface area contributed by atoms with Gasteiger partial charge in [-0.25, -0.2) is 0 Å². The maximum atomic E-state index is 14.2. The van der Waals surface area contributed by atoms with E-state index in [1.54, 1.807) is 0 Å². The van der Waals surface area contributed by atoms with Crippen LogP contribution in [0.25, 0.3) is 0 Å². The first kappa shape index (κ1) is 33.6. The number of para-hydroxylation sites is 3. The van der Waals surface area contributed by atoms with Gasteiger partial charge in [0.05, 0.1) is 16.7 Å². The smallest absolute Gasteiger partial charge is 0.489 e. The zero-order valence-electron chi connectivity index (χ0n) is 20.4. The average Bonchev–Trinajstić information content (AvgIpc) is 2.87. The van der Waals surface area contributed by atoms with Gasteiger partial charge in [-0.05, 0) is 36.4 Å². The summed E-state index contributed by atoms with van der Waals surface area (Å²) in [4.78, 5) is 0. The molecular formula is C24H12BF15O3. The Morgan fingerprint density at radius 2 is 0.558 bits per heavy atom. The van der Waals surface area contributed by atoms with Crippen LogP contribution in [0.4, 0.5) is 65.9 Å². The highest BCUT2D eigenvalue weighted by atomic mass is 19.4. The Bertz CT molecular complexity index is 1250. The van der Waals surface area contributed by atoms with E-state index in [9.17, 15) is 65.9 Å². The molecule has 0 radical (unpaired) electrons. The summed E-state index contributed by atoms with van der Waals surface area (Å²) in [6.45, 7) is 0. The van der Waals surface area contributed by atoms with E-state index >= 15 is 0 Å². The van der Waals surface area contributed by atoms with E-state index in [-0.39, 0.29) is 18.2 Å². The number of alkyl halides is 15. The van der Waals surface area contributed by atoms with E-state index in [0.717, 1.165) is 18.2 Å². The van der Waals surface area contributed by atoms with Crippen LogP contribution in [0.2, 0.25) is 0 Å². The topological polar surface area (TPSA) is 27.7 Å². The van der Waals surface area contributed by atoms with E-state index in [1.165, 1.54) is 0 Å². The molecule has 0 spiro atoms. The first-order valence-electron chi connectivity index (χ1n) is 11.1. The summed E-state index contributed by atoms with van der Waals surface area (Å²) in [6.07, 6.45) is -18.9. The van der Waals surface area contributed by atoms with Gasteiger partial charge in [0.2, 0.25) is 0 Å². The second-order valence-electron chi connectivity index (χ2n) is 8.35. The molecule has 0 aliphatic heterocycles. The van der Waals surface area contributed by atoms with Crippen molar-refractivity contribution >= 4 is 7.32 Å². The molecule has 0 heterocycles. The van der Waals surface area contributed by atoms with Gasteiger partial charge in [-0.15, -0.1) is 0 Å². The van der Waals surface area contributed by atoms with E-state index < -0.39 is 77.6 Å². The molecule has 0 aliphatic rings. The van der Waals surface area contributed by atoms with Crippen LogP contribution >= 0.6 is 0 Å². The molecule has 0 atom stereocenters. The van der Waals surface area contributed by atoms with Gasteiger partial charge < -0.3 is 14.0 Å². The zero-order valence-corrected chi connectivity index (χ0v) is 20.4. The monoisotopic (exact) mass is 644 g/mol. The fourth-order valence-electron chi connectivity index (χ4n) is 3.33. The molecule has 43 heavy (non-hydrogen) atoms. The lowest BCUT2D eigenvalue weighted by Crippen LogP contribution is -2.41. The molecule has 3 aromatic rings. The number of hydrogen-bond acceptors (Lipinski definition) is 3. The molecule has 0 amide bonds. The van der Waals surface area contributed by atoms with Gasteiger partial charge in [0.15, 0.2) is 0 Å². The van der Waals surface area contributed by atoms with Crippen molar-refractivity contribution in [2.75, 3.05) is 0 Å². The standard InChI is InChI=1S/C24H12BF15O3/c26-19(27,22(32,33)34)13-7-1-4-10-16(13)41-25(42-17-11-5-2-8-14(17)20(28,29)23(35,36)37)43-18-12-6-3-9-15(18)21(30,31)24(38,39)40/h1-12H. The number of rotatable bonds is 9. The minimum absolute atomic E-state index is 0.150. The van der Waals surface area contributed by atoms with Crippen molar-refractivity contribution in [3.05, 3.63) is 89.5 Å². The minimum Gasteiger partial charge on any atom is -0.489 e. The predicted octanol–water partition coefficient (Wildman–Crippen LogP) is 9.17. The van der Waals surface area contributed by atoms with Gasteiger partial charge >= 0.3 is 43.6 Å². The first-order chi connectivity index (χ1) is 19.5. The highest BCUT2D eigenvalue weighted by Crippen LogP contribution is 2.50. The highest BCUT2D eigenvalue weighted by Gasteiger charge is 2.62. The molecular weight excluding hydrogens is 632 g/mol. The molecule has 0 fully saturated rings. The van der Waals surface area contributed by atoms with Crippen LogP contribution < -0.4 is 14.0 Å². The van der Waals surface area contributed by atoms with Crippen molar-refractivity contribution in [2.45, 2.75) is 36.3 Å². The van der Waals surface area contributed by atoms with Gasteiger partial charge in [0, 0.05) is 0 Å². The molecule has 3 rings (SSSR count). The number of benzene rings is 3. The van der Waals surface area contributed by atoms with Gasteiger partial charge in [0.25, 0.3) is 0 Å². The summed E-state index contributed by atoms with van der Waals surface area (Å²) in [5.74, 6) is -21.7. The molecule has 3 nitrogen and oxygen atoms in total. The Hall–Kier alpha value is -3.93. The zero-order chi connectivity index (χ0) is 32.6. The molecule has 0 aliphatic carbocycles. The summed E-state index contributed by atoms with van der Waals surface area (Å²) in [7, 11) is -3.12. The molecule has 0 saturated carbocycles. The molecule has 0 aromatic heterocycles. The fourth-order valence-corrected chi connectivity index (χ4v) is 3.33. The van der Waals surface area contributed by atoms with Gasteiger partial charge in [-0.1, -0.05) is 36.4 Å². The molecule has 0 unspecified atom stereocenters. The third kappa shape index (κ3) is 6.69. The number of hydrogen-bond donors (Lipinski definition) is 0. The lowest BCUT2D eigenvalue weighted by Gasteiger charge is -2.27. The second kappa shape index (κ2) is 11.3. The van der Waals surface area contributed by atoms with Crippen LogP contribution in [0.1, 0.15) is 16.7 Å². The fraction of sp³-hybridized carbons (Fsp3) is 0.250. The third-order valence-corrected chi connectivity index (χ3v) is 5.41. The van der Waals surface area contributed by atoms with E-state index in [1.807, 2.05) is 0 Å². The van der Waals surface area contributed by atoms with Crippen molar-refractivity contribution in [1.82, 2.24) is 0 Å². The molecule has 0 bridgehead atoms. The summed E-state index contributed by atoms with van der Waals surface area (Å²) >= 11 is 0. The van der Waals surface area contributed by atoms with Gasteiger partial charge in [-0.2, -0.15) is 65.9 Å². The molecule has 0 saturated heterocycles. The van der Waals surface area contributed by atoms with E-state index in [2.05, 4.69) is 0 Å². The lowest BCUT2D eigenvalue weighted by atomic mass is 10.0. The van der Waals surface area contributed by atoms with Gasteiger partial charge in [0.1, 0.15) is 17.2 Å². The quantitative estimate of drug-likeness (QED) is 0.172. The Labute approximate surface area is 230 Å².